The molecule has 0 aromatic heterocycles. The molecule has 2 aliphatic heterocycles. The number of ether oxygens (including phenoxy) is 1. The molecule has 3 aliphatic rings. The average molecular weight is 371 g/mol. The highest BCUT2D eigenvalue weighted by Gasteiger charge is 2.45. The lowest BCUT2D eigenvalue weighted by Crippen LogP contribution is -2.48. The predicted molar refractivity (Wildman–Crippen MR) is 104 cm³/mol. The van der Waals surface area contributed by atoms with Crippen LogP contribution in [0.2, 0.25) is 0 Å². The molecule has 27 heavy (non-hydrogen) atoms. The molecule has 1 atom stereocenters. The van der Waals surface area contributed by atoms with Crippen molar-refractivity contribution in [2.24, 2.45) is 5.92 Å². The van der Waals surface area contributed by atoms with Gasteiger partial charge >= 0.3 is 6.03 Å². The van der Waals surface area contributed by atoms with E-state index in [-0.39, 0.29) is 23.6 Å². The van der Waals surface area contributed by atoms with Gasteiger partial charge < -0.3 is 20.3 Å². The summed E-state index contributed by atoms with van der Waals surface area (Å²) in [4.78, 5) is 26.7. The first-order valence-corrected chi connectivity index (χ1v) is 10.1. The second kappa shape index (κ2) is 7.50. The van der Waals surface area contributed by atoms with Gasteiger partial charge in [0, 0.05) is 25.3 Å². The van der Waals surface area contributed by atoms with Gasteiger partial charge in [-0.3, -0.25) is 4.79 Å². The number of likely N-dealkylation sites (tertiary alicyclic amines) is 1. The summed E-state index contributed by atoms with van der Waals surface area (Å²) in [7, 11) is 0. The normalized spacial score (nSPS) is 24.0. The zero-order chi connectivity index (χ0) is 18.9. The standard InChI is InChI=1S/C21H29N3O3/c1-15-3-2-4-17(13-15)23-20(26)24-11-9-21(10-12-24)8-7-18(27-21)19(25)22-14-16-5-6-16/h2-4,13,16,18H,5-12,14H2,1H3,(H,22,25)(H,23,26)/t18-/m0/s1. The lowest BCUT2D eigenvalue weighted by atomic mass is 9.88. The van der Waals surface area contributed by atoms with Crippen molar-refractivity contribution in [2.75, 3.05) is 25.0 Å². The Balaban J connectivity index is 1.25. The number of nitrogens with zero attached hydrogens (tertiary/aromatic N) is 1. The Morgan fingerprint density at radius 1 is 1.19 bits per heavy atom. The van der Waals surface area contributed by atoms with Crippen LogP contribution in [-0.2, 0) is 9.53 Å². The summed E-state index contributed by atoms with van der Waals surface area (Å²) < 4.78 is 6.20. The molecule has 2 N–H and O–H groups in total. The molecule has 0 radical (unpaired) electrons. The molecule has 146 valence electrons. The van der Waals surface area contributed by atoms with E-state index in [0.717, 1.165) is 43.5 Å². The van der Waals surface area contributed by atoms with Gasteiger partial charge in [0.05, 0.1) is 5.60 Å². The van der Waals surface area contributed by atoms with Gasteiger partial charge in [-0.1, -0.05) is 12.1 Å². The molecule has 2 heterocycles. The van der Waals surface area contributed by atoms with Crippen molar-refractivity contribution in [3.63, 3.8) is 0 Å². The fourth-order valence-electron chi connectivity index (χ4n) is 4.09. The first kappa shape index (κ1) is 18.3. The summed E-state index contributed by atoms with van der Waals surface area (Å²) in [5, 5.41) is 6.00. The van der Waals surface area contributed by atoms with Crippen LogP contribution in [0.1, 0.15) is 44.1 Å². The van der Waals surface area contributed by atoms with E-state index in [4.69, 9.17) is 4.74 Å². The number of benzene rings is 1. The highest BCUT2D eigenvalue weighted by Crippen LogP contribution is 2.39. The largest absolute Gasteiger partial charge is 0.362 e. The van der Waals surface area contributed by atoms with E-state index in [0.29, 0.717) is 19.0 Å². The van der Waals surface area contributed by atoms with Crippen LogP contribution in [0.3, 0.4) is 0 Å². The van der Waals surface area contributed by atoms with E-state index in [1.165, 1.54) is 12.8 Å². The molecule has 1 aliphatic carbocycles. The minimum Gasteiger partial charge on any atom is -0.362 e. The number of carbonyl (C=O) groups excluding carboxylic acids is 2. The molecule has 1 spiro atoms. The van der Waals surface area contributed by atoms with Crippen LogP contribution in [0.5, 0.6) is 0 Å². The quantitative estimate of drug-likeness (QED) is 0.854. The molecule has 0 unspecified atom stereocenters. The van der Waals surface area contributed by atoms with Crippen molar-refractivity contribution in [2.45, 2.75) is 57.2 Å². The number of rotatable bonds is 4. The van der Waals surface area contributed by atoms with Gasteiger partial charge in [0.25, 0.3) is 0 Å². The average Bonchev–Trinajstić information content (AvgIpc) is 3.40. The zero-order valence-electron chi connectivity index (χ0n) is 16.0. The second-order valence-corrected chi connectivity index (χ2v) is 8.30. The summed E-state index contributed by atoms with van der Waals surface area (Å²) in [6.45, 7) is 4.12. The first-order chi connectivity index (χ1) is 13.0. The molecule has 3 fully saturated rings. The van der Waals surface area contributed by atoms with E-state index in [2.05, 4.69) is 10.6 Å². The number of amides is 3. The summed E-state index contributed by atoms with van der Waals surface area (Å²) >= 11 is 0. The third-order valence-corrected chi connectivity index (χ3v) is 6.04. The smallest absolute Gasteiger partial charge is 0.321 e. The van der Waals surface area contributed by atoms with E-state index < -0.39 is 0 Å². The van der Waals surface area contributed by atoms with Crippen molar-refractivity contribution in [3.05, 3.63) is 29.8 Å². The van der Waals surface area contributed by atoms with Crippen LogP contribution >= 0.6 is 0 Å². The van der Waals surface area contributed by atoms with E-state index in [1.807, 2.05) is 36.1 Å². The van der Waals surface area contributed by atoms with Crippen LogP contribution in [0.15, 0.2) is 24.3 Å². The number of piperidine rings is 1. The molecule has 0 bridgehead atoms. The number of carbonyl (C=O) groups is 2. The molecular formula is C21H29N3O3. The summed E-state index contributed by atoms with van der Waals surface area (Å²) in [5.41, 5.74) is 1.71. The van der Waals surface area contributed by atoms with E-state index >= 15 is 0 Å². The molecule has 1 aromatic carbocycles. The minimum atomic E-state index is -0.323. The van der Waals surface area contributed by atoms with Gasteiger partial charge in [-0.25, -0.2) is 4.79 Å². The Kier molecular flexibility index (Phi) is 5.08. The third kappa shape index (κ3) is 4.43. The van der Waals surface area contributed by atoms with Gasteiger partial charge in [0.1, 0.15) is 6.10 Å². The molecule has 4 rings (SSSR count). The van der Waals surface area contributed by atoms with Crippen molar-refractivity contribution < 1.29 is 14.3 Å². The topological polar surface area (TPSA) is 70.7 Å². The van der Waals surface area contributed by atoms with Crippen molar-refractivity contribution in [3.8, 4) is 0 Å². The Bertz CT molecular complexity index is 708. The Morgan fingerprint density at radius 2 is 1.96 bits per heavy atom. The number of anilines is 1. The highest BCUT2D eigenvalue weighted by molar-refractivity contribution is 5.89. The van der Waals surface area contributed by atoms with Crippen LogP contribution in [0, 0.1) is 12.8 Å². The maximum absolute atomic E-state index is 12.5. The van der Waals surface area contributed by atoms with Crippen LogP contribution < -0.4 is 10.6 Å². The lowest BCUT2D eigenvalue weighted by Gasteiger charge is -2.39. The SMILES string of the molecule is Cc1cccc(NC(=O)N2CCC3(CC[C@@H](C(=O)NCC4CC4)O3)CC2)c1. The van der Waals surface area contributed by atoms with Gasteiger partial charge in [-0.05, 0) is 69.1 Å². The maximum atomic E-state index is 12.5. The van der Waals surface area contributed by atoms with Gasteiger partial charge in [0.2, 0.25) is 5.91 Å². The first-order valence-electron chi connectivity index (χ1n) is 10.1. The lowest BCUT2D eigenvalue weighted by molar-refractivity contribution is -0.140. The number of aryl methyl sites for hydroxylation is 1. The van der Waals surface area contributed by atoms with E-state index in [1.54, 1.807) is 0 Å². The highest BCUT2D eigenvalue weighted by atomic mass is 16.5. The Hall–Kier alpha value is -2.08. The number of urea groups is 1. The number of hydrogen-bond donors (Lipinski definition) is 2. The van der Waals surface area contributed by atoms with Crippen LogP contribution in [-0.4, -0.2) is 48.2 Å². The molecule has 6 heteroatoms. The van der Waals surface area contributed by atoms with Crippen LogP contribution in [0.25, 0.3) is 0 Å². The monoisotopic (exact) mass is 371 g/mol. The molecule has 1 aromatic rings. The number of nitrogens with one attached hydrogen (secondary N) is 2. The minimum absolute atomic E-state index is 0.0402. The third-order valence-electron chi connectivity index (χ3n) is 6.04. The molecule has 2 saturated heterocycles. The fourth-order valence-corrected chi connectivity index (χ4v) is 4.09. The Labute approximate surface area is 160 Å². The molecule has 3 amide bonds. The molecule has 6 nitrogen and oxygen atoms in total. The van der Waals surface area contributed by atoms with Crippen LogP contribution in [0.4, 0.5) is 10.5 Å². The zero-order valence-corrected chi connectivity index (χ0v) is 16.0. The maximum Gasteiger partial charge on any atom is 0.321 e. The second-order valence-electron chi connectivity index (χ2n) is 8.30. The summed E-state index contributed by atoms with van der Waals surface area (Å²) in [5.74, 6) is 0.720. The van der Waals surface area contributed by atoms with Crippen molar-refractivity contribution >= 4 is 17.6 Å². The molecular weight excluding hydrogens is 342 g/mol. The van der Waals surface area contributed by atoms with Gasteiger partial charge in [-0.2, -0.15) is 0 Å². The van der Waals surface area contributed by atoms with E-state index in [9.17, 15) is 9.59 Å². The van der Waals surface area contributed by atoms with Gasteiger partial charge in [0.15, 0.2) is 0 Å². The number of hydrogen-bond acceptors (Lipinski definition) is 3. The molecule has 1 saturated carbocycles. The predicted octanol–water partition coefficient (Wildman–Crippen LogP) is 3.07. The van der Waals surface area contributed by atoms with Gasteiger partial charge in [-0.15, -0.1) is 0 Å². The Morgan fingerprint density at radius 3 is 2.67 bits per heavy atom. The van der Waals surface area contributed by atoms with Crippen molar-refractivity contribution in [1.82, 2.24) is 10.2 Å². The summed E-state index contributed by atoms with van der Waals surface area (Å²) in [6.07, 6.45) is 5.41. The fraction of sp³-hybridized carbons (Fsp3) is 0.619. The summed E-state index contributed by atoms with van der Waals surface area (Å²) in [6, 6.07) is 7.76. The van der Waals surface area contributed by atoms with Crippen molar-refractivity contribution in [1.29, 1.82) is 0 Å².